The Balaban J connectivity index is 0.00000400. The zero-order valence-corrected chi connectivity index (χ0v) is 14.3. The van der Waals surface area contributed by atoms with Crippen molar-refractivity contribution >= 4 is 11.9 Å². The molecule has 0 fully saturated rings. The molecular formula is C14H16NNaO5. The molecule has 0 aliphatic rings. The second-order valence-corrected chi connectivity index (χ2v) is 4.06. The van der Waals surface area contributed by atoms with E-state index in [1.807, 2.05) is 0 Å². The third-order valence-electron chi connectivity index (χ3n) is 2.45. The van der Waals surface area contributed by atoms with Gasteiger partial charge in [-0.25, -0.2) is 9.59 Å². The zero-order chi connectivity index (χ0) is 15.1. The van der Waals surface area contributed by atoms with Crippen LogP contribution in [-0.2, 0) is 14.3 Å². The summed E-state index contributed by atoms with van der Waals surface area (Å²) in [6.07, 6.45) is 1.18. The summed E-state index contributed by atoms with van der Waals surface area (Å²) in [5.41, 5.74) is 0.788. The van der Waals surface area contributed by atoms with Gasteiger partial charge < -0.3 is 20.3 Å². The average Bonchev–Trinajstić information content (AvgIpc) is 2.37. The van der Waals surface area contributed by atoms with Crippen LogP contribution in [0, 0.1) is 0 Å². The van der Waals surface area contributed by atoms with Crippen molar-refractivity contribution < 1.29 is 54.1 Å². The van der Waals surface area contributed by atoms with Crippen LogP contribution in [0.3, 0.4) is 0 Å². The van der Waals surface area contributed by atoms with E-state index < -0.39 is 18.0 Å². The van der Waals surface area contributed by atoms with E-state index in [1.165, 1.54) is 30.3 Å². The van der Waals surface area contributed by atoms with Gasteiger partial charge in [-0.3, -0.25) is 0 Å². The molecule has 0 saturated heterocycles. The van der Waals surface area contributed by atoms with Crippen molar-refractivity contribution in [2.75, 3.05) is 6.61 Å². The van der Waals surface area contributed by atoms with E-state index in [-0.39, 0.29) is 41.9 Å². The second kappa shape index (κ2) is 9.44. The quantitative estimate of drug-likeness (QED) is 0.356. The van der Waals surface area contributed by atoms with Crippen LogP contribution in [0.4, 0.5) is 0 Å². The number of benzene rings is 1. The third kappa shape index (κ3) is 6.66. The minimum absolute atomic E-state index is 0. The first-order chi connectivity index (χ1) is 9.43. The Hall–Kier alpha value is -1.50. The van der Waals surface area contributed by atoms with E-state index in [4.69, 9.17) is 4.74 Å². The van der Waals surface area contributed by atoms with Gasteiger partial charge in [-0.2, -0.15) is 0 Å². The Labute approximate surface area is 145 Å². The molecular weight excluding hydrogens is 285 g/mol. The molecule has 0 bridgehead atoms. The summed E-state index contributed by atoms with van der Waals surface area (Å²) in [6, 6.07) is 4.41. The summed E-state index contributed by atoms with van der Waals surface area (Å²) in [5, 5.41) is 22.9. The van der Waals surface area contributed by atoms with Crippen LogP contribution in [0.1, 0.15) is 25.5 Å². The maximum atomic E-state index is 11.3. The van der Waals surface area contributed by atoms with Gasteiger partial charge in [0.2, 0.25) is 0 Å². The number of aliphatic carboxylic acids is 1. The predicted molar refractivity (Wildman–Crippen MR) is 69.8 cm³/mol. The van der Waals surface area contributed by atoms with Crippen molar-refractivity contribution in [3.8, 4) is 5.75 Å². The van der Waals surface area contributed by atoms with E-state index in [1.54, 1.807) is 13.8 Å². The number of carbonyl (C=O) groups is 2. The molecule has 1 aromatic rings. The summed E-state index contributed by atoms with van der Waals surface area (Å²) < 4.78 is 4.73. The molecule has 0 heterocycles. The Morgan fingerprint density at radius 1 is 1.38 bits per heavy atom. The number of carboxylic acids is 1. The Morgan fingerprint density at radius 3 is 2.43 bits per heavy atom. The van der Waals surface area contributed by atoms with Gasteiger partial charge in [0, 0.05) is 11.8 Å². The third-order valence-corrected chi connectivity index (χ3v) is 2.45. The number of carboxylic acid groups (broad SMARTS) is 1. The number of hydrogen-bond acceptors (Lipinski definition) is 5. The number of rotatable bonds is 6. The number of allylic oxidation sites excluding steroid dienone is 1. The average molecular weight is 301 g/mol. The van der Waals surface area contributed by atoms with Crippen molar-refractivity contribution in [1.29, 1.82) is 0 Å². The molecule has 7 heteroatoms. The molecule has 0 saturated carbocycles. The van der Waals surface area contributed by atoms with Crippen molar-refractivity contribution in [2.24, 2.45) is 0 Å². The molecule has 2 N–H and O–H groups in total. The van der Waals surface area contributed by atoms with Gasteiger partial charge >= 0.3 is 41.5 Å². The van der Waals surface area contributed by atoms with Crippen LogP contribution in [0.15, 0.2) is 36.0 Å². The van der Waals surface area contributed by atoms with Gasteiger partial charge in [0.05, 0.1) is 6.61 Å². The van der Waals surface area contributed by atoms with Crippen LogP contribution in [0.25, 0.3) is 0 Å². The number of hydrogen-bond donors (Lipinski definition) is 2. The molecule has 108 valence electrons. The SMILES string of the molecule is CCOC(=O)/C=C(/C)N[C@@H](C(=O)O)c1ccc([O-])cc1.[Na+]. The van der Waals surface area contributed by atoms with E-state index in [2.05, 4.69) is 5.32 Å². The molecule has 0 amide bonds. The molecule has 1 rings (SSSR count). The minimum atomic E-state index is -1.11. The first kappa shape index (κ1) is 19.5. The normalized spacial score (nSPS) is 12.0. The Bertz CT molecular complexity index is 513. The molecule has 0 aliphatic carbocycles. The fourth-order valence-corrected chi connectivity index (χ4v) is 1.58. The summed E-state index contributed by atoms with van der Waals surface area (Å²) in [5.74, 6) is -1.85. The first-order valence-electron chi connectivity index (χ1n) is 6.05. The van der Waals surface area contributed by atoms with Gasteiger partial charge in [0.15, 0.2) is 0 Å². The molecule has 0 radical (unpaired) electrons. The molecule has 1 aromatic carbocycles. The van der Waals surface area contributed by atoms with Crippen LogP contribution in [0.2, 0.25) is 0 Å². The van der Waals surface area contributed by atoms with E-state index in [0.29, 0.717) is 11.3 Å². The molecule has 0 aliphatic heterocycles. The summed E-state index contributed by atoms with van der Waals surface area (Å²) in [7, 11) is 0. The molecule has 0 aromatic heterocycles. The van der Waals surface area contributed by atoms with Gasteiger partial charge in [-0.05, 0) is 19.4 Å². The largest absolute Gasteiger partial charge is 1.00 e. The Morgan fingerprint density at radius 2 is 1.95 bits per heavy atom. The van der Waals surface area contributed by atoms with Gasteiger partial charge in [0.1, 0.15) is 6.04 Å². The first-order valence-corrected chi connectivity index (χ1v) is 6.05. The molecule has 0 spiro atoms. The van der Waals surface area contributed by atoms with E-state index in [0.717, 1.165) is 0 Å². The molecule has 0 unspecified atom stereocenters. The molecule has 6 nitrogen and oxygen atoms in total. The van der Waals surface area contributed by atoms with Crippen molar-refractivity contribution in [3.63, 3.8) is 0 Å². The smallest absolute Gasteiger partial charge is 0.872 e. The second-order valence-electron chi connectivity index (χ2n) is 4.06. The number of esters is 1. The molecule has 21 heavy (non-hydrogen) atoms. The topological polar surface area (TPSA) is 98.7 Å². The summed E-state index contributed by atoms with van der Waals surface area (Å²) in [6.45, 7) is 3.49. The van der Waals surface area contributed by atoms with E-state index >= 15 is 0 Å². The van der Waals surface area contributed by atoms with Crippen molar-refractivity contribution in [3.05, 3.63) is 41.6 Å². The fourth-order valence-electron chi connectivity index (χ4n) is 1.58. The summed E-state index contributed by atoms with van der Waals surface area (Å²) >= 11 is 0. The van der Waals surface area contributed by atoms with Crippen LogP contribution < -0.4 is 40.0 Å². The monoisotopic (exact) mass is 301 g/mol. The van der Waals surface area contributed by atoms with Crippen LogP contribution in [0.5, 0.6) is 5.75 Å². The molecule has 1 atom stereocenters. The summed E-state index contributed by atoms with van der Waals surface area (Å²) in [4.78, 5) is 22.5. The fraction of sp³-hybridized carbons (Fsp3) is 0.286. The zero-order valence-electron chi connectivity index (χ0n) is 12.3. The van der Waals surface area contributed by atoms with Gasteiger partial charge in [0.25, 0.3) is 0 Å². The number of ether oxygens (including phenoxy) is 1. The number of nitrogens with one attached hydrogen (secondary N) is 1. The van der Waals surface area contributed by atoms with Gasteiger partial charge in [-0.15, -0.1) is 5.75 Å². The number of carbonyl (C=O) groups excluding carboxylic acids is 1. The van der Waals surface area contributed by atoms with Crippen LogP contribution >= 0.6 is 0 Å². The standard InChI is InChI=1S/C14H17NO5.Na/c1-3-20-12(17)8-9(2)15-13(14(18)19)10-4-6-11(16)7-5-10;/h4-8,13,15-16H,3H2,1-2H3,(H,18,19);/q;+1/p-1/b9-8-;/t13-;/m1./s1. The van der Waals surface area contributed by atoms with Crippen LogP contribution in [-0.4, -0.2) is 23.7 Å². The maximum Gasteiger partial charge on any atom is 1.00 e. The van der Waals surface area contributed by atoms with Gasteiger partial charge in [-0.1, -0.05) is 24.3 Å². The van der Waals surface area contributed by atoms with Crippen molar-refractivity contribution in [2.45, 2.75) is 19.9 Å². The minimum Gasteiger partial charge on any atom is -0.872 e. The predicted octanol–water partition coefficient (Wildman–Crippen LogP) is -2.05. The Kier molecular flexibility index (Phi) is 8.76. The van der Waals surface area contributed by atoms with E-state index in [9.17, 15) is 19.8 Å². The van der Waals surface area contributed by atoms with Crippen molar-refractivity contribution in [1.82, 2.24) is 5.32 Å². The maximum absolute atomic E-state index is 11.3.